The van der Waals surface area contributed by atoms with E-state index in [2.05, 4.69) is 29.2 Å². The molecule has 1 aromatic heterocycles. The molecule has 1 fully saturated rings. The van der Waals surface area contributed by atoms with Gasteiger partial charge in [0.15, 0.2) is 0 Å². The Bertz CT molecular complexity index is 423. The first-order valence-corrected chi connectivity index (χ1v) is 7.46. The molecular formula is C14H27N5O. The number of morpholine rings is 1. The lowest BCUT2D eigenvalue weighted by atomic mass is 10.1. The first-order valence-electron chi connectivity index (χ1n) is 7.46. The number of hydrogen-bond acceptors (Lipinski definition) is 5. The van der Waals surface area contributed by atoms with Gasteiger partial charge in [0.05, 0.1) is 24.6 Å². The van der Waals surface area contributed by atoms with Crippen LogP contribution in [0.2, 0.25) is 0 Å². The van der Waals surface area contributed by atoms with Crippen LogP contribution >= 0.6 is 0 Å². The second-order valence-corrected chi connectivity index (χ2v) is 5.66. The number of anilines is 2. The van der Waals surface area contributed by atoms with Crippen molar-refractivity contribution in [1.82, 2.24) is 14.7 Å². The molecule has 0 radical (unpaired) electrons. The average Bonchev–Trinajstić information content (AvgIpc) is 2.72. The van der Waals surface area contributed by atoms with Gasteiger partial charge in [-0.2, -0.15) is 5.10 Å². The van der Waals surface area contributed by atoms with E-state index in [0.29, 0.717) is 5.92 Å². The lowest BCUT2D eigenvalue weighted by Crippen LogP contribution is -2.37. The van der Waals surface area contributed by atoms with E-state index in [1.54, 1.807) is 0 Å². The van der Waals surface area contributed by atoms with Crippen LogP contribution in [0.3, 0.4) is 0 Å². The van der Waals surface area contributed by atoms with Gasteiger partial charge in [0.25, 0.3) is 0 Å². The predicted octanol–water partition coefficient (Wildman–Crippen LogP) is 1.26. The second-order valence-electron chi connectivity index (χ2n) is 5.66. The van der Waals surface area contributed by atoms with Gasteiger partial charge in [0.2, 0.25) is 0 Å². The Morgan fingerprint density at radius 2 is 2.05 bits per heavy atom. The Morgan fingerprint density at radius 1 is 1.35 bits per heavy atom. The third-order valence-electron chi connectivity index (χ3n) is 3.71. The van der Waals surface area contributed by atoms with Gasteiger partial charge in [-0.3, -0.25) is 9.58 Å². The topological polar surface area (TPSA) is 68.3 Å². The Kier molecular flexibility index (Phi) is 5.25. The zero-order chi connectivity index (χ0) is 14.5. The number of rotatable bonds is 6. The summed E-state index contributed by atoms with van der Waals surface area (Å²) in [5.74, 6) is 1.29. The Labute approximate surface area is 121 Å². The van der Waals surface area contributed by atoms with E-state index in [-0.39, 0.29) is 0 Å². The number of nitrogen functional groups attached to an aromatic ring is 1. The molecule has 0 aromatic carbocycles. The highest BCUT2D eigenvalue weighted by Gasteiger charge is 2.15. The molecule has 0 saturated carbocycles. The molecule has 114 valence electrons. The van der Waals surface area contributed by atoms with Gasteiger partial charge >= 0.3 is 0 Å². The summed E-state index contributed by atoms with van der Waals surface area (Å²) in [6, 6.07) is 0. The van der Waals surface area contributed by atoms with E-state index in [1.165, 1.54) is 0 Å². The Morgan fingerprint density at radius 3 is 2.65 bits per heavy atom. The molecule has 0 aliphatic carbocycles. The van der Waals surface area contributed by atoms with Crippen LogP contribution < -0.4 is 11.1 Å². The molecule has 1 aliphatic rings. The van der Waals surface area contributed by atoms with Crippen molar-refractivity contribution >= 4 is 11.5 Å². The van der Waals surface area contributed by atoms with E-state index in [1.807, 2.05) is 11.7 Å². The van der Waals surface area contributed by atoms with Crippen LogP contribution in [0.25, 0.3) is 0 Å². The maximum Gasteiger partial charge on any atom is 0.147 e. The fourth-order valence-corrected chi connectivity index (χ4v) is 2.53. The van der Waals surface area contributed by atoms with Crippen molar-refractivity contribution in [3.63, 3.8) is 0 Å². The molecule has 0 amide bonds. The molecule has 2 heterocycles. The van der Waals surface area contributed by atoms with Crippen molar-refractivity contribution in [3.05, 3.63) is 5.69 Å². The molecule has 0 atom stereocenters. The Hall–Kier alpha value is -1.27. The van der Waals surface area contributed by atoms with Gasteiger partial charge in [-0.15, -0.1) is 0 Å². The average molecular weight is 281 g/mol. The molecule has 2 rings (SSSR count). The van der Waals surface area contributed by atoms with Gasteiger partial charge in [-0.1, -0.05) is 13.8 Å². The number of nitrogens with two attached hydrogens (primary N) is 1. The van der Waals surface area contributed by atoms with Crippen molar-refractivity contribution in [2.24, 2.45) is 7.05 Å². The quantitative estimate of drug-likeness (QED) is 0.768. The third-order valence-corrected chi connectivity index (χ3v) is 3.71. The molecule has 0 spiro atoms. The zero-order valence-corrected chi connectivity index (χ0v) is 12.9. The number of aromatic nitrogens is 2. The summed E-state index contributed by atoms with van der Waals surface area (Å²) in [7, 11) is 1.94. The van der Waals surface area contributed by atoms with Crippen LogP contribution in [0, 0.1) is 0 Å². The molecule has 6 heteroatoms. The molecule has 6 nitrogen and oxygen atoms in total. The van der Waals surface area contributed by atoms with Crippen molar-refractivity contribution in [2.45, 2.75) is 26.2 Å². The monoisotopic (exact) mass is 281 g/mol. The van der Waals surface area contributed by atoms with Crippen LogP contribution in [-0.2, 0) is 11.8 Å². The first-order chi connectivity index (χ1) is 9.59. The van der Waals surface area contributed by atoms with Crippen LogP contribution in [0.1, 0.15) is 31.9 Å². The van der Waals surface area contributed by atoms with Crippen molar-refractivity contribution in [3.8, 4) is 0 Å². The fourth-order valence-electron chi connectivity index (χ4n) is 2.53. The molecule has 0 bridgehead atoms. The highest BCUT2D eigenvalue weighted by molar-refractivity contribution is 5.65. The third kappa shape index (κ3) is 3.64. The molecule has 1 aliphatic heterocycles. The van der Waals surface area contributed by atoms with Crippen molar-refractivity contribution in [2.75, 3.05) is 50.4 Å². The molecule has 0 unspecified atom stereocenters. The maximum atomic E-state index is 6.16. The van der Waals surface area contributed by atoms with E-state index in [0.717, 1.165) is 63.0 Å². The van der Waals surface area contributed by atoms with E-state index in [4.69, 9.17) is 10.5 Å². The summed E-state index contributed by atoms with van der Waals surface area (Å²) in [6.45, 7) is 10.1. The van der Waals surface area contributed by atoms with Crippen LogP contribution in [0.4, 0.5) is 11.5 Å². The van der Waals surface area contributed by atoms with Gasteiger partial charge in [0, 0.05) is 26.7 Å². The lowest BCUT2D eigenvalue weighted by molar-refractivity contribution is 0.0378. The van der Waals surface area contributed by atoms with Crippen LogP contribution in [-0.4, -0.2) is 54.1 Å². The SMILES string of the molecule is CC(C)c1nn(C)c(NCCCN2CCOCC2)c1N. The molecule has 20 heavy (non-hydrogen) atoms. The van der Waals surface area contributed by atoms with Gasteiger partial charge in [-0.25, -0.2) is 0 Å². The normalized spacial score (nSPS) is 16.8. The zero-order valence-electron chi connectivity index (χ0n) is 12.9. The fraction of sp³-hybridized carbons (Fsp3) is 0.786. The summed E-state index contributed by atoms with van der Waals surface area (Å²) < 4.78 is 7.19. The number of nitrogens with zero attached hydrogens (tertiary/aromatic N) is 3. The van der Waals surface area contributed by atoms with E-state index >= 15 is 0 Å². The highest BCUT2D eigenvalue weighted by Crippen LogP contribution is 2.27. The maximum absolute atomic E-state index is 6.16. The highest BCUT2D eigenvalue weighted by atomic mass is 16.5. The van der Waals surface area contributed by atoms with Crippen LogP contribution in [0.5, 0.6) is 0 Å². The van der Waals surface area contributed by atoms with Gasteiger partial charge in [0.1, 0.15) is 5.82 Å². The largest absolute Gasteiger partial charge is 0.394 e. The van der Waals surface area contributed by atoms with Crippen molar-refractivity contribution in [1.29, 1.82) is 0 Å². The summed E-state index contributed by atoms with van der Waals surface area (Å²) >= 11 is 0. The molecular weight excluding hydrogens is 254 g/mol. The van der Waals surface area contributed by atoms with Crippen molar-refractivity contribution < 1.29 is 4.74 Å². The summed E-state index contributed by atoms with van der Waals surface area (Å²) in [5.41, 5.74) is 7.92. The second kappa shape index (κ2) is 6.95. The number of ether oxygens (including phenoxy) is 1. The lowest BCUT2D eigenvalue weighted by Gasteiger charge is -2.26. The summed E-state index contributed by atoms with van der Waals surface area (Å²) in [5, 5.41) is 7.89. The van der Waals surface area contributed by atoms with Gasteiger partial charge in [-0.05, 0) is 18.9 Å². The minimum atomic E-state index is 0.352. The van der Waals surface area contributed by atoms with E-state index in [9.17, 15) is 0 Å². The predicted molar refractivity (Wildman–Crippen MR) is 82.1 cm³/mol. The summed E-state index contributed by atoms with van der Waals surface area (Å²) in [6.07, 6.45) is 1.10. The first kappa shape index (κ1) is 15.1. The molecule has 1 aromatic rings. The van der Waals surface area contributed by atoms with Crippen LogP contribution in [0.15, 0.2) is 0 Å². The standard InChI is InChI=1S/C14H27N5O/c1-11(2)13-12(15)14(18(3)17-13)16-5-4-6-19-7-9-20-10-8-19/h11,16H,4-10,15H2,1-3H3. The van der Waals surface area contributed by atoms with E-state index < -0.39 is 0 Å². The Balaban J connectivity index is 1.79. The summed E-state index contributed by atoms with van der Waals surface area (Å²) in [4.78, 5) is 2.44. The smallest absolute Gasteiger partial charge is 0.147 e. The van der Waals surface area contributed by atoms with Gasteiger partial charge < -0.3 is 15.8 Å². The number of hydrogen-bond donors (Lipinski definition) is 2. The minimum Gasteiger partial charge on any atom is -0.394 e. The number of aryl methyl sites for hydroxylation is 1. The minimum absolute atomic E-state index is 0.352. The number of nitrogens with one attached hydrogen (secondary N) is 1. The molecule has 1 saturated heterocycles. The molecule has 3 N–H and O–H groups in total.